The molecule has 0 N–H and O–H groups in total. The molecule has 3 heterocycles. The third-order valence-corrected chi connectivity index (χ3v) is 5.04. The van der Waals surface area contributed by atoms with Crippen molar-refractivity contribution in [2.45, 2.75) is 23.4 Å². The van der Waals surface area contributed by atoms with Gasteiger partial charge in [-0.1, -0.05) is 11.8 Å². The lowest BCUT2D eigenvalue weighted by atomic mass is 10.2. The highest BCUT2D eigenvalue weighted by Crippen LogP contribution is 2.39. The zero-order valence-corrected chi connectivity index (χ0v) is 11.3. The molecule has 0 aliphatic carbocycles. The summed E-state index contributed by atoms with van der Waals surface area (Å²) in [5, 5.41) is 4.93. The van der Waals surface area contributed by atoms with Crippen LogP contribution in [0.2, 0.25) is 0 Å². The molecular formula is C10H12N4OS2. The van der Waals surface area contributed by atoms with E-state index in [2.05, 4.69) is 29.6 Å². The fraction of sp³-hybridized carbons (Fsp3) is 0.500. The van der Waals surface area contributed by atoms with Crippen molar-refractivity contribution in [2.75, 3.05) is 5.75 Å². The van der Waals surface area contributed by atoms with E-state index < -0.39 is 0 Å². The molecule has 0 spiro atoms. The summed E-state index contributed by atoms with van der Waals surface area (Å²) in [6.07, 6.45) is 1.77. The van der Waals surface area contributed by atoms with Gasteiger partial charge in [0.1, 0.15) is 5.52 Å². The molecule has 1 atom stereocenters. The Balaban J connectivity index is 2.26. The molecular weight excluding hydrogens is 256 g/mol. The van der Waals surface area contributed by atoms with Gasteiger partial charge in [0.15, 0.2) is 10.7 Å². The summed E-state index contributed by atoms with van der Waals surface area (Å²) in [4.78, 5) is 16.7. The molecule has 0 unspecified atom stereocenters. The van der Waals surface area contributed by atoms with Crippen molar-refractivity contribution in [3.05, 3.63) is 16.6 Å². The average molecular weight is 268 g/mol. The molecule has 1 aliphatic heterocycles. The number of hydrogen-bond acceptors (Lipinski definition) is 5. The predicted molar refractivity (Wildman–Crippen MR) is 70.9 cm³/mol. The van der Waals surface area contributed by atoms with Crippen LogP contribution in [-0.4, -0.2) is 29.8 Å². The lowest BCUT2D eigenvalue weighted by molar-refractivity contribution is 0.552. The number of aryl methyl sites for hydroxylation is 1. The maximum atomic E-state index is 12.2. The zero-order valence-electron chi connectivity index (χ0n) is 9.54. The molecule has 0 fully saturated rings. The third kappa shape index (κ3) is 1.60. The van der Waals surface area contributed by atoms with Gasteiger partial charge >= 0.3 is 0 Å². The van der Waals surface area contributed by atoms with Crippen LogP contribution in [0.25, 0.3) is 11.0 Å². The second-order valence-electron chi connectivity index (χ2n) is 4.53. The van der Waals surface area contributed by atoms with Gasteiger partial charge < -0.3 is 0 Å². The maximum absolute atomic E-state index is 12.2. The van der Waals surface area contributed by atoms with Crippen LogP contribution in [0.4, 0.5) is 0 Å². The van der Waals surface area contributed by atoms with Crippen LogP contribution in [0.3, 0.4) is 0 Å². The van der Waals surface area contributed by atoms with Crippen molar-refractivity contribution in [1.82, 2.24) is 19.3 Å². The summed E-state index contributed by atoms with van der Waals surface area (Å²) < 4.78 is 3.27. The molecule has 90 valence electrons. The van der Waals surface area contributed by atoms with Gasteiger partial charge in [-0.15, -0.1) is 0 Å². The van der Waals surface area contributed by atoms with E-state index in [1.807, 2.05) is 0 Å². The molecule has 2 aromatic rings. The van der Waals surface area contributed by atoms with Crippen LogP contribution in [0.1, 0.15) is 6.92 Å². The molecule has 0 saturated heterocycles. The summed E-state index contributed by atoms with van der Waals surface area (Å²) in [6.45, 7) is 2.74. The molecule has 0 bridgehead atoms. The second kappa shape index (κ2) is 3.52. The number of thioether (sulfide) groups is 1. The third-order valence-electron chi connectivity index (χ3n) is 2.87. The Morgan fingerprint density at radius 2 is 2.41 bits per heavy atom. The summed E-state index contributed by atoms with van der Waals surface area (Å²) in [6, 6.07) is 0. The summed E-state index contributed by atoms with van der Waals surface area (Å²) >= 11 is 5.95. The van der Waals surface area contributed by atoms with Gasteiger partial charge in [-0.3, -0.25) is 14.0 Å². The van der Waals surface area contributed by atoms with E-state index in [1.54, 1.807) is 34.3 Å². The van der Waals surface area contributed by atoms with E-state index in [0.717, 1.165) is 5.16 Å². The fourth-order valence-corrected chi connectivity index (χ4v) is 3.37. The lowest BCUT2D eigenvalue weighted by Gasteiger charge is -2.16. The number of rotatable bonds is 1. The minimum Gasteiger partial charge on any atom is -0.284 e. The van der Waals surface area contributed by atoms with Crippen molar-refractivity contribution in [2.24, 2.45) is 7.05 Å². The largest absolute Gasteiger partial charge is 0.284 e. The minimum absolute atomic E-state index is 0.0522. The first kappa shape index (κ1) is 11.2. The van der Waals surface area contributed by atoms with Crippen molar-refractivity contribution >= 4 is 35.4 Å². The Kier molecular flexibility index (Phi) is 2.31. The number of hydrogen-bond donors (Lipinski definition) is 1. The quantitative estimate of drug-likeness (QED) is 0.617. The molecule has 0 amide bonds. The topological polar surface area (TPSA) is 52.7 Å². The average Bonchev–Trinajstić information content (AvgIpc) is 2.80. The van der Waals surface area contributed by atoms with Crippen LogP contribution in [-0.2, 0) is 13.6 Å². The number of aromatic nitrogens is 4. The first-order valence-electron chi connectivity index (χ1n) is 5.26. The van der Waals surface area contributed by atoms with E-state index in [9.17, 15) is 4.79 Å². The Labute approximate surface area is 108 Å². The lowest BCUT2D eigenvalue weighted by Crippen LogP contribution is -2.28. The van der Waals surface area contributed by atoms with E-state index in [1.165, 1.54) is 0 Å². The van der Waals surface area contributed by atoms with Crippen molar-refractivity contribution in [3.63, 3.8) is 0 Å². The van der Waals surface area contributed by atoms with Crippen LogP contribution in [0, 0.1) is 0 Å². The van der Waals surface area contributed by atoms with Gasteiger partial charge in [0.05, 0.1) is 6.20 Å². The minimum atomic E-state index is -0.0523. The molecule has 7 heteroatoms. The first-order chi connectivity index (χ1) is 8.02. The van der Waals surface area contributed by atoms with Gasteiger partial charge in [0, 0.05) is 24.1 Å². The van der Waals surface area contributed by atoms with Crippen molar-refractivity contribution in [3.8, 4) is 0 Å². The summed E-state index contributed by atoms with van der Waals surface area (Å²) in [7, 11) is 1.79. The van der Waals surface area contributed by atoms with E-state index in [0.29, 0.717) is 23.3 Å². The van der Waals surface area contributed by atoms with Crippen LogP contribution in [0.15, 0.2) is 16.1 Å². The maximum Gasteiger partial charge on any atom is 0.282 e. The Morgan fingerprint density at radius 3 is 3.12 bits per heavy atom. The molecule has 17 heavy (non-hydrogen) atoms. The normalized spacial score (nSPS) is 23.2. The number of nitrogens with zero attached hydrogens (tertiary/aromatic N) is 4. The van der Waals surface area contributed by atoms with E-state index in [4.69, 9.17) is 0 Å². The fourth-order valence-electron chi connectivity index (χ4n) is 1.97. The highest BCUT2D eigenvalue weighted by Gasteiger charge is 2.35. The number of fused-ring (bicyclic) bond motifs is 2. The van der Waals surface area contributed by atoms with E-state index in [-0.39, 0.29) is 10.3 Å². The monoisotopic (exact) mass is 268 g/mol. The smallest absolute Gasteiger partial charge is 0.282 e. The zero-order chi connectivity index (χ0) is 12.2. The standard InChI is InChI=1S/C10H12N4OS2/c1-10(5-16)4-14-8(15)7-6(3-13(2)12-7)11-9(14)17-10/h3,16H,4-5H2,1-2H3/t10-/m1/s1. The predicted octanol–water partition coefficient (Wildman–Crippen LogP) is 0.924. The molecule has 3 rings (SSSR count). The Hall–Kier alpha value is -0.950. The summed E-state index contributed by atoms with van der Waals surface area (Å²) in [5.41, 5.74) is 1.06. The molecule has 0 aromatic carbocycles. The van der Waals surface area contributed by atoms with Gasteiger partial charge in [0.25, 0.3) is 5.56 Å². The van der Waals surface area contributed by atoms with Crippen LogP contribution < -0.4 is 5.56 Å². The molecule has 0 saturated carbocycles. The van der Waals surface area contributed by atoms with Crippen molar-refractivity contribution in [1.29, 1.82) is 0 Å². The molecule has 2 aromatic heterocycles. The second-order valence-corrected chi connectivity index (χ2v) is 6.40. The van der Waals surface area contributed by atoms with Gasteiger partial charge in [-0.05, 0) is 6.92 Å². The summed E-state index contributed by atoms with van der Waals surface area (Å²) in [5.74, 6) is 0.714. The number of thiol groups is 1. The highest BCUT2D eigenvalue weighted by atomic mass is 32.2. The highest BCUT2D eigenvalue weighted by molar-refractivity contribution is 8.01. The van der Waals surface area contributed by atoms with Gasteiger partial charge in [-0.25, -0.2) is 4.98 Å². The first-order valence-corrected chi connectivity index (χ1v) is 6.71. The van der Waals surface area contributed by atoms with E-state index >= 15 is 0 Å². The van der Waals surface area contributed by atoms with Gasteiger partial charge in [0.2, 0.25) is 0 Å². The van der Waals surface area contributed by atoms with Gasteiger partial charge in [-0.2, -0.15) is 17.7 Å². The molecule has 0 radical (unpaired) electrons. The molecule has 5 nitrogen and oxygen atoms in total. The Bertz CT molecular complexity index is 662. The Morgan fingerprint density at radius 1 is 1.65 bits per heavy atom. The van der Waals surface area contributed by atoms with Crippen molar-refractivity contribution < 1.29 is 0 Å². The van der Waals surface area contributed by atoms with Crippen LogP contribution >= 0.6 is 24.4 Å². The van der Waals surface area contributed by atoms with Crippen LogP contribution in [0.5, 0.6) is 0 Å². The SMILES string of the molecule is Cn1cc2nc3n(c(=O)c2n1)C[C@](C)(CS)S3. The molecule has 1 aliphatic rings.